The van der Waals surface area contributed by atoms with Gasteiger partial charge in [0.1, 0.15) is 5.75 Å². The first-order chi connectivity index (χ1) is 10.3. The predicted octanol–water partition coefficient (Wildman–Crippen LogP) is 2.21. The summed E-state index contributed by atoms with van der Waals surface area (Å²) in [7, 11) is -4.46. The Kier molecular flexibility index (Phi) is 4.86. The highest BCUT2D eigenvalue weighted by Crippen LogP contribution is 2.36. The fourth-order valence-electron chi connectivity index (χ4n) is 2.45. The fraction of sp³-hybridized carbons (Fsp3) is 0.267. The van der Waals surface area contributed by atoms with E-state index in [1.54, 1.807) is 24.3 Å². The molecule has 0 aromatic heterocycles. The quantitative estimate of drug-likeness (QED) is 0.619. The number of carbonyl (C=O) groups excluding carboxylic acids is 1. The Morgan fingerprint density at radius 3 is 2.50 bits per heavy atom. The lowest BCUT2D eigenvalue weighted by Crippen LogP contribution is -2.26. The first-order valence-corrected chi connectivity index (χ1v) is 8.42. The van der Waals surface area contributed by atoms with Crippen molar-refractivity contribution < 1.29 is 24.3 Å². The van der Waals surface area contributed by atoms with Crippen molar-refractivity contribution in [2.75, 3.05) is 0 Å². The van der Waals surface area contributed by atoms with Crippen LogP contribution >= 0.6 is 7.75 Å². The van der Waals surface area contributed by atoms with Crippen LogP contribution in [0, 0.1) is 5.92 Å². The van der Waals surface area contributed by atoms with Crippen LogP contribution in [0.2, 0.25) is 0 Å². The first kappa shape index (κ1) is 16.5. The lowest BCUT2D eigenvalue weighted by Gasteiger charge is -2.25. The second-order valence-electron chi connectivity index (χ2n) is 5.32. The Bertz CT molecular complexity index is 659. The molecule has 0 heterocycles. The van der Waals surface area contributed by atoms with E-state index in [4.69, 9.17) is 9.79 Å². The Morgan fingerprint density at radius 2 is 1.91 bits per heavy atom. The molecule has 7 heteroatoms. The molecule has 0 fully saturated rings. The topological polar surface area (TPSA) is 107 Å². The number of hydrogen-bond acceptors (Lipinski definition) is 3. The number of carbonyl (C=O) groups is 1. The Morgan fingerprint density at radius 1 is 1.27 bits per heavy atom. The number of aromatic hydroxyl groups is 1. The molecule has 2 unspecified atom stereocenters. The third kappa shape index (κ3) is 4.31. The summed E-state index contributed by atoms with van der Waals surface area (Å²) in [4.78, 5) is 30.2. The molecule has 6 nitrogen and oxygen atoms in total. The van der Waals surface area contributed by atoms with Crippen molar-refractivity contribution in [1.29, 1.82) is 0 Å². The molecular formula is C15H18NO5P. The molecule has 2 atom stereocenters. The molecule has 0 saturated carbocycles. The van der Waals surface area contributed by atoms with Gasteiger partial charge in [0.05, 0.1) is 5.92 Å². The van der Waals surface area contributed by atoms with Crippen LogP contribution in [0.25, 0.3) is 0 Å². The number of hydrogen-bond donors (Lipinski definition) is 4. The van der Waals surface area contributed by atoms with Gasteiger partial charge in [-0.1, -0.05) is 25.1 Å². The highest BCUT2D eigenvalue weighted by atomic mass is 31.2. The van der Waals surface area contributed by atoms with Crippen LogP contribution in [-0.4, -0.2) is 20.7 Å². The minimum absolute atomic E-state index is 0.0111. The number of phenolic OH excluding ortho intramolecular Hbond substituents is 1. The second-order valence-corrected chi connectivity index (χ2v) is 6.63. The molecule has 4 N–H and O–H groups in total. The van der Waals surface area contributed by atoms with Crippen molar-refractivity contribution in [3.05, 3.63) is 53.8 Å². The van der Waals surface area contributed by atoms with Gasteiger partial charge in [-0.25, -0.2) is 4.57 Å². The van der Waals surface area contributed by atoms with E-state index in [0.717, 1.165) is 5.56 Å². The SMILES string of the molecule is CC(CC1C(=O)C=CC=C1NP(=O)(O)O)c1ccc(O)cc1. The maximum absolute atomic E-state index is 12.1. The molecule has 0 spiro atoms. The molecule has 0 amide bonds. The van der Waals surface area contributed by atoms with Gasteiger partial charge in [0.25, 0.3) is 0 Å². The summed E-state index contributed by atoms with van der Waals surface area (Å²) in [6, 6.07) is 6.67. The molecule has 0 bridgehead atoms. The van der Waals surface area contributed by atoms with Crippen molar-refractivity contribution in [3.8, 4) is 5.75 Å². The van der Waals surface area contributed by atoms with E-state index < -0.39 is 13.7 Å². The maximum atomic E-state index is 12.1. The highest BCUT2D eigenvalue weighted by Gasteiger charge is 2.29. The summed E-state index contributed by atoms with van der Waals surface area (Å²) in [5.41, 5.74) is 1.17. The smallest absolute Gasteiger partial charge is 0.427 e. The van der Waals surface area contributed by atoms with E-state index in [2.05, 4.69) is 5.09 Å². The number of rotatable bonds is 5. The number of allylic oxidation sites excluding steroid dienone is 4. The van der Waals surface area contributed by atoms with Crippen LogP contribution in [0.15, 0.2) is 48.2 Å². The molecule has 1 aromatic carbocycles. The molecular weight excluding hydrogens is 305 g/mol. The van der Waals surface area contributed by atoms with Crippen molar-refractivity contribution in [3.63, 3.8) is 0 Å². The van der Waals surface area contributed by atoms with Crippen molar-refractivity contribution in [1.82, 2.24) is 5.09 Å². The Labute approximate surface area is 128 Å². The van der Waals surface area contributed by atoms with Gasteiger partial charge in [-0.2, -0.15) is 0 Å². The predicted molar refractivity (Wildman–Crippen MR) is 82.0 cm³/mol. The Hall–Kier alpha value is -1.88. The highest BCUT2D eigenvalue weighted by molar-refractivity contribution is 7.49. The van der Waals surface area contributed by atoms with Crippen molar-refractivity contribution >= 4 is 13.5 Å². The normalized spacial score (nSPS) is 19.7. The van der Waals surface area contributed by atoms with Crippen molar-refractivity contribution in [2.45, 2.75) is 19.3 Å². The maximum Gasteiger partial charge on any atom is 0.427 e. The molecule has 0 aliphatic heterocycles. The van der Waals surface area contributed by atoms with Gasteiger partial charge in [0, 0.05) is 5.70 Å². The number of benzene rings is 1. The van der Waals surface area contributed by atoms with Crippen LogP contribution in [0.3, 0.4) is 0 Å². The van der Waals surface area contributed by atoms with Crippen LogP contribution in [0.1, 0.15) is 24.8 Å². The van der Waals surface area contributed by atoms with Gasteiger partial charge in [-0.15, -0.1) is 0 Å². The van der Waals surface area contributed by atoms with E-state index in [0.29, 0.717) is 6.42 Å². The molecule has 1 aliphatic rings. The summed E-state index contributed by atoms with van der Waals surface area (Å²) >= 11 is 0. The Balaban J connectivity index is 2.16. The van der Waals surface area contributed by atoms with Gasteiger partial charge < -0.3 is 14.9 Å². The fourth-order valence-corrected chi connectivity index (χ4v) is 3.02. The summed E-state index contributed by atoms with van der Waals surface area (Å²) in [5.74, 6) is -0.662. The van der Waals surface area contributed by atoms with Gasteiger partial charge in [0.15, 0.2) is 5.78 Å². The van der Waals surface area contributed by atoms with E-state index in [9.17, 15) is 14.5 Å². The van der Waals surface area contributed by atoms with E-state index in [-0.39, 0.29) is 23.1 Å². The molecule has 1 aromatic rings. The zero-order valence-electron chi connectivity index (χ0n) is 12.0. The average Bonchev–Trinajstić information content (AvgIpc) is 2.41. The van der Waals surface area contributed by atoms with Crippen LogP contribution in [-0.2, 0) is 9.36 Å². The van der Waals surface area contributed by atoms with E-state index in [1.807, 2.05) is 6.92 Å². The average molecular weight is 323 g/mol. The summed E-state index contributed by atoms with van der Waals surface area (Å²) in [6.07, 6.45) is 4.79. The van der Waals surface area contributed by atoms with Gasteiger partial charge in [0.2, 0.25) is 0 Å². The largest absolute Gasteiger partial charge is 0.508 e. The molecule has 0 saturated heterocycles. The third-order valence-corrected chi connectivity index (χ3v) is 4.13. The zero-order chi connectivity index (χ0) is 16.3. The lowest BCUT2D eigenvalue weighted by atomic mass is 9.84. The number of nitrogens with one attached hydrogen (secondary N) is 1. The third-order valence-electron chi connectivity index (χ3n) is 3.58. The molecule has 2 rings (SSSR count). The van der Waals surface area contributed by atoms with Gasteiger partial charge >= 0.3 is 7.75 Å². The monoisotopic (exact) mass is 323 g/mol. The molecule has 118 valence electrons. The lowest BCUT2D eigenvalue weighted by molar-refractivity contribution is -0.117. The first-order valence-electron chi connectivity index (χ1n) is 6.81. The van der Waals surface area contributed by atoms with E-state index >= 15 is 0 Å². The zero-order valence-corrected chi connectivity index (χ0v) is 12.9. The van der Waals surface area contributed by atoms with Crippen LogP contribution in [0.5, 0.6) is 5.75 Å². The minimum atomic E-state index is -4.46. The molecule has 22 heavy (non-hydrogen) atoms. The summed E-state index contributed by atoms with van der Waals surface area (Å²) in [5, 5.41) is 11.4. The van der Waals surface area contributed by atoms with E-state index in [1.165, 1.54) is 18.2 Å². The van der Waals surface area contributed by atoms with Crippen molar-refractivity contribution in [2.24, 2.45) is 5.92 Å². The van der Waals surface area contributed by atoms with Gasteiger partial charge in [-0.05, 0) is 42.2 Å². The molecule has 0 radical (unpaired) electrons. The van der Waals surface area contributed by atoms with Crippen LogP contribution < -0.4 is 5.09 Å². The number of phenols is 1. The standard InChI is InChI=1S/C15H18NO5P/c1-10(11-5-7-12(17)8-6-11)9-13-14(16-22(19,20)21)3-2-4-15(13)18/h2-8,10,13,17H,9H2,1H3,(H3,16,19,20,21). The summed E-state index contributed by atoms with van der Waals surface area (Å²) < 4.78 is 11.1. The second kappa shape index (κ2) is 6.48. The minimum Gasteiger partial charge on any atom is -0.508 e. The molecule has 1 aliphatic carbocycles. The van der Waals surface area contributed by atoms with Crippen LogP contribution in [0.4, 0.5) is 0 Å². The summed E-state index contributed by atoms with van der Waals surface area (Å²) in [6.45, 7) is 1.92. The van der Waals surface area contributed by atoms with Gasteiger partial charge in [-0.3, -0.25) is 9.88 Å². The number of ketones is 1.